The van der Waals surface area contributed by atoms with Gasteiger partial charge in [-0.2, -0.15) is 0 Å². The molecule has 1 aliphatic rings. The summed E-state index contributed by atoms with van der Waals surface area (Å²) < 4.78 is 29.8. The van der Waals surface area contributed by atoms with E-state index in [1.54, 1.807) is 35.3 Å². The highest BCUT2D eigenvalue weighted by atomic mass is 35.5. The molecular formula is C24H20ClF2N5. The molecule has 8 heteroatoms. The van der Waals surface area contributed by atoms with Crippen LogP contribution in [0.25, 0.3) is 11.3 Å². The molecule has 0 aliphatic carbocycles. The fraction of sp³-hybridized carbons (Fsp3) is 0.125. The molecule has 32 heavy (non-hydrogen) atoms. The summed E-state index contributed by atoms with van der Waals surface area (Å²) in [6.45, 7) is 4.04. The number of halogens is 3. The highest BCUT2D eigenvalue weighted by Crippen LogP contribution is 2.27. The van der Waals surface area contributed by atoms with Gasteiger partial charge < -0.3 is 9.88 Å². The lowest BCUT2D eigenvalue weighted by Crippen LogP contribution is -2.13. The summed E-state index contributed by atoms with van der Waals surface area (Å²) in [5.74, 6) is -0.494. The molecule has 1 N–H and O–H groups in total. The SMILES string of the molecule is CC1=NC(Nc2ccc(-n3cnc(C)c3)c(F)c2)=NC/C=C/C=C1c1ccc(F)cc1Cl. The minimum absolute atomic E-state index is 0.289. The molecule has 3 aromatic rings. The monoisotopic (exact) mass is 451 g/mol. The Morgan fingerprint density at radius 1 is 1.09 bits per heavy atom. The predicted molar refractivity (Wildman–Crippen MR) is 126 cm³/mol. The van der Waals surface area contributed by atoms with Gasteiger partial charge >= 0.3 is 0 Å². The predicted octanol–water partition coefficient (Wildman–Crippen LogP) is 5.99. The number of hydrogen-bond acceptors (Lipinski definition) is 4. The van der Waals surface area contributed by atoms with Gasteiger partial charge in [0.05, 0.1) is 29.3 Å². The molecule has 1 aliphatic heterocycles. The van der Waals surface area contributed by atoms with Crippen molar-refractivity contribution in [1.82, 2.24) is 9.55 Å². The van der Waals surface area contributed by atoms with Crippen molar-refractivity contribution in [3.8, 4) is 5.69 Å². The Morgan fingerprint density at radius 2 is 1.94 bits per heavy atom. The van der Waals surface area contributed by atoms with Crippen LogP contribution < -0.4 is 5.32 Å². The van der Waals surface area contributed by atoms with Crippen LogP contribution >= 0.6 is 11.6 Å². The number of imidazole rings is 1. The van der Waals surface area contributed by atoms with Crippen molar-refractivity contribution >= 4 is 34.5 Å². The first-order valence-corrected chi connectivity index (χ1v) is 10.3. The van der Waals surface area contributed by atoms with Crippen LogP contribution in [0.15, 0.2) is 77.1 Å². The second-order valence-electron chi connectivity index (χ2n) is 7.21. The van der Waals surface area contributed by atoms with Crippen molar-refractivity contribution in [1.29, 1.82) is 0 Å². The van der Waals surface area contributed by atoms with Gasteiger partial charge in [-0.1, -0.05) is 29.8 Å². The van der Waals surface area contributed by atoms with Crippen LogP contribution in [0, 0.1) is 18.6 Å². The second-order valence-corrected chi connectivity index (χ2v) is 7.61. The Hall–Kier alpha value is -3.58. The van der Waals surface area contributed by atoms with Crippen LogP contribution in [-0.2, 0) is 0 Å². The van der Waals surface area contributed by atoms with Crippen LogP contribution in [0.3, 0.4) is 0 Å². The number of aromatic nitrogens is 2. The maximum absolute atomic E-state index is 14.7. The van der Waals surface area contributed by atoms with Gasteiger partial charge in [0.2, 0.25) is 5.96 Å². The first-order valence-electron chi connectivity index (χ1n) is 9.90. The van der Waals surface area contributed by atoms with Gasteiger partial charge in [-0.05, 0) is 50.2 Å². The topological polar surface area (TPSA) is 54.6 Å². The van der Waals surface area contributed by atoms with Gasteiger partial charge in [-0.15, -0.1) is 0 Å². The summed E-state index contributed by atoms with van der Waals surface area (Å²) in [7, 11) is 0. The molecule has 0 fully saturated rings. The highest BCUT2D eigenvalue weighted by Gasteiger charge is 2.13. The number of rotatable bonds is 3. The van der Waals surface area contributed by atoms with Crippen LogP contribution in [-0.4, -0.2) is 27.8 Å². The summed E-state index contributed by atoms with van der Waals surface area (Å²) in [4.78, 5) is 13.1. The normalized spacial score (nSPS) is 15.1. The van der Waals surface area contributed by atoms with E-state index in [1.807, 2.05) is 32.1 Å². The number of hydrogen-bond donors (Lipinski definition) is 1. The molecule has 4 rings (SSSR count). The van der Waals surface area contributed by atoms with Crippen LogP contribution in [0.5, 0.6) is 0 Å². The number of aryl methyl sites for hydroxylation is 1. The summed E-state index contributed by atoms with van der Waals surface area (Å²) in [6, 6.07) is 9.02. The summed E-state index contributed by atoms with van der Waals surface area (Å²) in [5.41, 5.74) is 3.72. The van der Waals surface area contributed by atoms with E-state index in [-0.39, 0.29) is 5.02 Å². The molecule has 1 aromatic heterocycles. The standard InChI is InChI=1S/C24H20ClF2N5/c1-15-13-32(14-29-15)23-9-7-18(12-22(23)27)31-24-28-10-4-3-5-19(16(2)30-24)20-8-6-17(26)11-21(20)25/h3-9,11-14H,10H2,1-2H3,(H,28,31)/b4-3+,19-5?,30-16?. The molecule has 0 spiro atoms. The van der Waals surface area contributed by atoms with Crippen molar-refractivity contribution in [2.45, 2.75) is 13.8 Å². The largest absolute Gasteiger partial charge is 0.324 e. The Morgan fingerprint density at radius 3 is 2.66 bits per heavy atom. The number of allylic oxidation sites excluding steroid dienone is 3. The summed E-state index contributed by atoms with van der Waals surface area (Å²) >= 11 is 6.26. The molecule has 2 aromatic carbocycles. The zero-order valence-corrected chi connectivity index (χ0v) is 18.2. The molecule has 0 amide bonds. The molecule has 0 radical (unpaired) electrons. The van der Waals surface area contributed by atoms with Crippen LogP contribution in [0.1, 0.15) is 18.2 Å². The molecule has 0 saturated carbocycles. The second kappa shape index (κ2) is 9.28. The molecule has 2 heterocycles. The maximum Gasteiger partial charge on any atom is 0.223 e. The van der Waals surface area contributed by atoms with E-state index in [1.165, 1.54) is 18.2 Å². The molecule has 0 unspecified atom stereocenters. The van der Waals surface area contributed by atoms with E-state index >= 15 is 0 Å². The van der Waals surface area contributed by atoms with E-state index in [9.17, 15) is 8.78 Å². The average Bonchev–Trinajstić information content (AvgIpc) is 3.19. The first kappa shape index (κ1) is 21.6. The quantitative estimate of drug-likeness (QED) is 0.531. The molecule has 0 atom stereocenters. The number of aliphatic imine (C=N–C) groups is 2. The van der Waals surface area contributed by atoms with Gasteiger partial charge in [-0.3, -0.25) is 0 Å². The number of anilines is 1. The maximum atomic E-state index is 14.7. The fourth-order valence-electron chi connectivity index (χ4n) is 3.28. The fourth-order valence-corrected chi connectivity index (χ4v) is 3.54. The lowest BCUT2D eigenvalue weighted by molar-refractivity contribution is 0.618. The van der Waals surface area contributed by atoms with E-state index in [4.69, 9.17) is 11.6 Å². The first-order chi connectivity index (χ1) is 15.4. The smallest absolute Gasteiger partial charge is 0.223 e. The van der Waals surface area contributed by atoms with Crippen molar-refractivity contribution in [2.75, 3.05) is 11.9 Å². The Kier molecular flexibility index (Phi) is 6.28. The highest BCUT2D eigenvalue weighted by molar-refractivity contribution is 6.36. The van der Waals surface area contributed by atoms with Crippen molar-refractivity contribution in [3.05, 3.63) is 95.1 Å². The van der Waals surface area contributed by atoms with E-state index in [0.29, 0.717) is 35.2 Å². The number of nitrogens with zero attached hydrogens (tertiary/aromatic N) is 4. The Balaban J connectivity index is 1.62. The summed E-state index contributed by atoms with van der Waals surface area (Å²) in [6.07, 6.45) is 8.89. The van der Waals surface area contributed by atoms with E-state index in [0.717, 1.165) is 11.3 Å². The number of guanidine groups is 1. The minimum atomic E-state index is -0.409. The zero-order valence-electron chi connectivity index (χ0n) is 17.5. The number of benzene rings is 2. The zero-order chi connectivity index (χ0) is 22.7. The minimum Gasteiger partial charge on any atom is -0.324 e. The third-order valence-electron chi connectivity index (χ3n) is 4.82. The van der Waals surface area contributed by atoms with E-state index in [2.05, 4.69) is 20.3 Å². The summed E-state index contributed by atoms with van der Waals surface area (Å²) in [5, 5.41) is 3.36. The lowest BCUT2D eigenvalue weighted by Gasteiger charge is -2.12. The molecule has 162 valence electrons. The average molecular weight is 452 g/mol. The van der Waals surface area contributed by atoms with Gasteiger partial charge in [0.1, 0.15) is 11.6 Å². The molecular weight excluding hydrogens is 432 g/mol. The van der Waals surface area contributed by atoms with Crippen molar-refractivity contribution < 1.29 is 8.78 Å². The van der Waals surface area contributed by atoms with E-state index < -0.39 is 11.6 Å². The third kappa shape index (κ3) is 4.84. The van der Waals surface area contributed by atoms with Gasteiger partial charge in [0.25, 0.3) is 0 Å². The molecule has 0 bridgehead atoms. The number of nitrogens with one attached hydrogen (secondary N) is 1. The molecule has 0 saturated heterocycles. The van der Waals surface area contributed by atoms with Crippen molar-refractivity contribution in [3.63, 3.8) is 0 Å². The van der Waals surface area contributed by atoms with Crippen molar-refractivity contribution in [2.24, 2.45) is 9.98 Å². The Bertz CT molecular complexity index is 1290. The molecule has 5 nitrogen and oxygen atoms in total. The van der Waals surface area contributed by atoms with Gasteiger partial charge in [-0.25, -0.2) is 23.7 Å². The van der Waals surface area contributed by atoms with Crippen LogP contribution in [0.2, 0.25) is 5.02 Å². The van der Waals surface area contributed by atoms with Crippen LogP contribution in [0.4, 0.5) is 14.5 Å². The van der Waals surface area contributed by atoms with Gasteiger partial charge in [0.15, 0.2) is 0 Å². The Labute approximate surface area is 189 Å². The third-order valence-corrected chi connectivity index (χ3v) is 5.14. The van der Waals surface area contributed by atoms with Gasteiger partial charge in [0, 0.05) is 28.7 Å². The lowest BCUT2D eigenvalue weighted by atomic mass is 10.0.